The van der Waals surface area contributed by atoms with E-state index in [4.69, 9.17) is 11.5 Å². The maximum atomic E-state index is 12.5. The van der Waals surface area contributed by atoms with Gasteiger partial charge in [0, 0.05) is 37.3 Å². The highest BCUT2D eigenvalue weighted by atomic mass is 16.2. The fraction of sp³-hybridized carbons (Fsp3) is 0.143. The Morgan fingerprint density at radius 1 is 0.614 bits per heavy atom. The number of rotatable bonds is 10. The first kappa shape index (κ1) is 27.8. The van der Waals surface area contributed by atoms with Gasteiger partial charge in [-0.25, -0.2) is 29.9 Å². The SMILES string of the molecule is Nc1ncnc2c1ncn2CCC(=O)Nc1ccc(/N=N/c2ccc(NC(=O)CCn3cnc4c(N)ncnc43)cc2)cc1. The summed E-state index contributed by atoms with van der Waals surface area (Å²) in [4.78, 5) is 49.6. The third-order valence-electron chi connectivity index (χ3n) is 6.60. The Morgan fingerprint density at radius 3 is 1.43 bits per heavy atom. The summed E-state index contributed by atoms with van der Waals surface area (Å²) in [6.07, 6.45) is 6.36. The molecule has 16 heteroatoms. The molecule has 0 aliphatic carbocycles. The van der Waals surface area contributed by atoms with Crippen LogP contribution >= 0.6 is 0 Å². The lowest BCUT2D eigenvalue weighted by Gasteiger charge is -2.07. The second-order valence-electron chi connectivity index (χ2n) is 9.63. The van der Waals surface area contributed by atoms with Crippen molar-refractivity contribution >= 4 is 68.5 Å². The number of benzene rings is 2. The monoisotopic (exact) mass is 590 g/mol. The van der Waals surface area contributed by atoms with Crippen LogP contribution in [-0.2, 0) is 22.7 Å². The number of hydrogen-bond donors (Lipinski definition) is 4. The molecule has 0 spiro atoms. The van der Waals surface area contributed by atoms with Crippen LogP contribution in [0.3, 0.4) is 0 Å². The molecule has 0 atom stereocenters. The molecule has 0 saturated heterocycles. The van der Waals surface area contributed by atoms with E-state index in [9.17, 15) is 9.59 Å². The Morgan fingerprint density at radius 2 is 1.02 bits per heavy atom. The van der Waals surface area contributed by atoms with Crippen LogP contribution in [0.15, 0.2) is 84.1 Å². The zero-order valence-electron chi connectivity index (χ0n) is 23.2. The number of anilines is 4. The first-order valence-corrected chi connectivity index (χ1v) is 13.5. The van der Waals surface area contributed by atoms with Crippen LogP contribution in [0.4, 0.5) is 34.4 Å². The number of aromatic nitrogens is 8. The van der Waals surface area contributed by atoms with E-state index in [1.165, 1.54) is 12.7 Å². The van der Waals surface area contributed by atoms with Gasteiger partial charge in [0.1, 0.15) is 23.7 Å². The number of nitrogens with two attached hydrogens (primary N) is 2. The summed E-state index contributed by atoms with van der Waals surface area (Å²) in [6.45, 7) is 0.782. The molecular formula is C28H26N14O2. The lowest BCUT2D eigenvalue weighted by atomic mass is 10.2. The minimum atomic E-state index is -0.162. The summed E-state index contributed by atoms with van der Waals surface area (Å²) in [7, 11) is 0. The molecule has 44 heavy (non-hydrogen) atoms. The van der Waals surface area contributed by atoms with Gasteiger partial charge < -0.3 is 31.2 Å². The van der Waals surface area contributed by atoms with E-state index in [2.05, 4.69) is 50.8 Å². The normalized spacial score (nSPS) is 11.4. The Balaban J connectivity index is 0.963. The summed E-state index contributed by atoms with van der Waals surface area (Å²) in [5.74, 6) is 0.273. The Kier molecular flexibility index (Phi) is 7.76. The summed E-state index contributed by atoms with van der Waals surface area (Å²) in [5.41, 5.74) is 16.3. The number of carbonyl (C=O) groups is 2. The summed E-state index contributed by atoms with van der Waals surface area (Å²) >= 11 is 0. The van der Waals surface area contributed by atoms with E-state index in [-0.39, 0.29) is 24.7 Å². The van der Waals surface area contributed by atoms with Crippen LogP contribution in [0.25, 0.3) is 22.3 Å². The maximum absolute atomic E-state index is 12.5. The van der Waals surface area contributed by atoms with Crippen molar-refractivity contribution in [3.05, 3.63) is 73.8 Å². The molecule has 0 saturated carbocycles. The van der Waals surface area contributed by atoms with Gasteiger partial charge in [-0.1, -0.05) is 0 Å². The second kappa shape index (κ2) is 12.3. The fourth-order valence-electron chi connectivity index (χ4n) is 4.35. The minimum absolute atomic E-state index is 0.162. The van der Waals surface area contributed by atoms with Crippen molar-refractivity contribution in [1.29, 1.82) is 0 Å². The van der Waals surface area contributed by atoms with E-state index in [0.717, 1.165) is 0 Å². The topological polar surface area (TPSA) is 222 Å². The molecule has 0 radical (unpaired) electrons. The first-order valence-electron chi connectivity index (χ1n) is 13.5. The highest BCUT2D eigenvalue weighted by molar-refractivity contribution is 5.91. The van der Waals surface area contributed by atoms with Crippen molar-refractivity contribution in [3.63, 3.8) is 0 Å². The lowest BCUT2D eigenvalue weighted by molar-refractivity contribution is -0.117. The zero-order chi connectivity index (χ0) is 30.5. The maximum Gasteiger partial charge on any atom is 0.226 e. The number of azo groups is 1. The first-order chi connectivity index (χ1) is 21.4. The summed E-state index contributed by atoms with van der Waals surface area (Å²) < 4.78 is 3.52. The van der Waals surface area contributed by atoms with Crippen LogP contribution in [0.1, 0.15) is 12.8 Å². The molecule has 2 amide bonds. The van der Waals surface area contributed by atoms with Gasteiger partial charge in [-0.15, -0.1) is 0 Å². The zero-order valence-corrected chi connectivity index (χ0v) is 23.2. The van der Waals surface area contributed by atoms with Crippen LogP contribution < -0.4 is 22.1 Å². The van der Waals surface area contributed by atoms with E-state index in [1.54, 1.807) is 70.3 Å². The van der Waals surface area contributed by atoms with Crippen molar-refractivity contribution in [2.45, 2.75) is 25.9 Å². The van der Waals surface area contributed by atoms with Gasteiger partial charge in [-0.05, 0) is 48.5 Å². The number of imidazole rings is 2. The molecule has 4 aromatic heterocycles. The fourth-order valence-corrected chi connectivity index (χ4v) is 4.35. The Labute approximate surface area is 249 Å². The number of nitrogens with zero attached hydrogens (tertiary/aromatic N) is 10. The van der Waals surface area contributed by atoms with Gasteiger partial charge >= 0.3 is 0 Å². The Bertz CT molecular complexity index is 1840. The standard InChI is InChI=1S/C28H26N14O2/c29-25-23-27(33-13-31-25)41(15-35-23)11-9-21(43)37-17-1-5-19(6-2-17)39-40-20-7-3-18(4-8-20)38-22(44)10-12-42-16-36-24-26(30)32-14-34-28(24)42/h1-8,13-16H,9-12H2,(H,37,43)(H,38,44)(H2,29,31,33)(H2,30,32,34)/b40-39+. The number of hydrogen-bond acceptors (Lipinski definition) is 12. The molecule has 0 unspecified atom stereocenters. The van der Waals surface area contributed by atoms with Crippen molar-refractivity contribution < 1.29 is 9.59 Å². The highest BCUT2D eigenvalue weighted by Gasteiger charge is 2.11. The third kappa shape index (κ3) is 6.28. The van der Waals surface area contributed by atoms with E-state index in [0.29, 0.717) is 69.8 Å². The molecule has 0 bridgehead atoms. The van der Waals surface area contributed by atoms with Gasteiger partial charge in [-0.2, -0.15) is 10.2 Å². The average Bonchev–Trinajstić information content (AvgIpc) is 3.65. The molecule has 0 fully saturated rings. The quantitative estimate of drug-likeness (QED) is 0.170. The number of amides is 2. The van der Waals surface area contributed by atoms with Gasteiger partial charge in [0.25, 0.3) is 0 Å². The van der Waals surface area contributed by atoms with E-state index < -0.39 is 0 Å². The van der Waals surface area contributed by atoms with Gasteiger partial charge in [0.15, 0.2) is 22.9 Å². The predicted molar refractivity (Wildman–Crippen MR) is 163 cm³/mol. The molecule has 4 heterocycles. The number of carbonyl (C=O) groups excluding carboxylic acids is 2. The molecule has 16 nitrogen and oxygen atoms in total. The van der Waals surface area contributed by atoms with E-state index >= 15 is 0 Å². The number of aryl methyl sites for hydroxylation is 2. The van der Waals surface area contributed by atoms with Gasteiger partial charge in [0.05, 0.1) is 24.0 Å². The van der Waals surface area contributed by atoms with Crippen LogP contribution in [0, 0.1) is 0 Å². The van der Waals surface area contributed by atoms with Crippen molar-refractivity contribution in [2.24, 2.45) is 10.2 Å². The number of nitrogen functional groups attached to an aromatic ring is 2. The third-order valence-corrected chi connectivity index (χ3v) is 6.60. The Hall–Kier alpha value is -6.32. The van der Waals surface area contributed by atoms with Crippen molar-refractivity contribution in [1.82, 2.24) is 39.0 Å². The molecular weight excluding hydrogens is 564 g/mol. The molecule has 0 aliphatic heterocycles. The molecule has 6 rings (SSSR count). The van der Waals surface area contributed by atoms with Crippen molar-refractivity contribution in [3.8, 4) is 0 Å². The highest BCUT2D eigenvalue weighted by Crippen LogP contribution is 2.22. The number of fused-ring (bicyclic) bond motifs is 2. The molecule has 0 aliphatic rings. The number of nitrogens with one attached hydrogen (secondary N) is 2. The minimum Gasteiger partial charge on any atom is -0.382 e. The van der Waals surface area contributed by atoms with Crippen LogP contribution in [-0.4, -0.2) is 50.9 Å². The van der Waals surface area contributed by atoms with Gasteiger partial charge in [-0.3, -0.25) is 9.59 Å². The molecule has 2 aromatic carbocycles. The lowest BCUT2D eigenvalue weighted by Crippen LogP contribution is -2.14. The second-order valence-corrected chi connectivity index (χ2v) is 9.63. The molecule has 6 N–H and O–H groups in total. The van der Waals surface area contributed by atoms with Crippen LogP contribution in [0.5, 0.6) is 0 Å². The molecule has 220 valence electrons. The summed E-state index contributed by atoms with van der Waals surface area (Å²) in [5, 5.41) is 14.2. The largest absolute Gasteiger partial charge is 0.382 e. The van der Waals surface area contributed by atoms with Crippen molar-refractivity contribution in [2.75, 3.05) is 22.1 Å². The van der Waals surface area contributed by atoms with E-state index in [1.807, 2.05) is 0 Å². The van der Waals surface area contributed by atoms with Gasteiger partial charge in [0.2, 0.25) is 11.8 Å². The predicted octanol–water partition coefficient (Wildman–Crippen LogP) is 3.60. The van der Waals surface area contributed by atoms with Crippen LogP contribution in [0.2, 0.25) is 0 Å². The summed E-state index contributed by atoms with van der Waals surface area (Å²) in [6, 6.07) is 14.0. The average molecular weight is 591 g/mol. The smallest absolute Gasteiger partial charge is 0.226 e. The molecule has 6 aromatic rings.